The van der Waals surface area contributed by atoms with Crippen LogP contribution in [0.4, 0.5) is 5.13 Å². The molecule has 6 nitrogen and oxygen atoms in total. The van der Waals surface area contributed by atoms with E-state index in [1.54, 1.807) is 28.8 Å². The van der Waals surface area contributed by atoms with Crippen molar-refractivity contribution in [2.45, 2.75) is 4.90 Å². The van der Waals surface area contributed by atoms with Gasteiger partial charge in [-0.05, 0) is 52.5 Å². The normalized spacial score (nSPS) is 15.2. The van der Waals surface area contributed by atoms with Gasteiger partial charge in [0.15, 0.2) is 15.6 Å². The Morgan fingerprint density at radius 3 is 2.86 bits per heavy atom. The van der Waals surface area contributed by atoms with Crippen LogP contribution in [0.1, 0.15) is 10.6 Å². The van der Waals surface area contributed by atoms with Crippen LogP contribution in [0, 0.1) is 0 Å². The van der Waals surface area contributed by atoms with E-state index in [9.17, 15) is 4.79 Å². The number of aromatic nitrogens is 1. The summed E-state index contributed by atoms with van der Waals surface area (Å²) in [6.45, 7) is 4.54. The molecular formula is C19H20BrN3O3S2. The van der Waals surface area contributed by atoms with E-state index in [4.69, 9.17) is 14.1 Å². The molecule has 148 valence electrons. The first-order valence-corrected chi connectivity index (χ1v) is 11.8. The molecule has 0 N–H and O–H groups in total. The predicted octanol–water partition coefficient (Wildman–Crippen LogP) is 4.35. The molecule has 0 unspecified atom stereocenters. The first-order chi connectivity index (χ1) is 13.6. The van der Waals surface area contributed by atoms with Gasteiger partial charge >= 0.3 is 0 Å². The number of thioether (sulfide) groups is 1. The Hall–Kier alpha value is -1.39. The van der Waals surface area contributed by atoms with E-state index in [1.807, 2.05) is 6.07 Å². The van der Waals surface area contributed by atoms with Gasteiger partial charge in [-0.1, -0.05) is 11.3 Å². The molecule has 3 aromatic rings. The minimum atomic E-state index is -0.178. The van der Waals surface area contributed by atoms with Gasteiger partial charge in [-0.25, -0.2) is 4.98 Å². The van der Waals surface area contributed by atoms with E-state index < -0.39 is 0 Å². The highest BCUT2D eigenvalue weighted by Gasteiger charge is 2.25. The Morgan fingerprint density at radius 1 is 1.32 bits per heavy atom. The number of morpholine rings is 1. The fourth-order valence-corrected chi connectivity index (χ4v) is 4.90. The minimum Gasteiger partial charge on any atom is -0.444 e. The molecule has 2 aromatic heterocycles. The molecule has 0 saturated carbocycles. The molecule has 3 heterocycles. The first kappa shape index (κ1) is 19.9. The van der Waals surface area contributed by atoms with Crippen LogP contribution in [-0.4, -0.2) is 61.4 Å². The number of fused-ring (bicyclic) bond motifs is 1. The average Bonchev–Trinajstić information content (AvgIpc) is 3.34. The maximum Gasteiger partial charge on any atom is 0.295 e. The van der Waals surface area contributed by atoms with Crippen molar-refractivity contribution in [2.75, 3.05) is 50.5 Å². The maximum atomic E-state index is 13.2. The standard InChI is InChI=1S/C19H20BrN3O3S2/c1-27-13-2-3-14-16(12-13)28-19(21-14)23(7-6-22-8-10-25-11-9-22)18(24)15-4-5-17(20)26-15/h2-5,12H,6-11H2,1H3. The second-order valence-corrected chi connectivity index (χ2v) is 9.01. The molecular weight excluding hydrogens is 462 g/mol. The van der Waals surface area contributed by atoms with Gasteiger partial charge in [0.2, 0.25) is 0 Å². The van der Waals surface area contributed by atoms with Crippen LogP contribution >= 0.6 is 39.0 Å². The van der Waals surface area contributed by atoms with E-state index in [-0.39, 0.29) is 5.91 Å². The van der Waals surface area contributed by atoms with Gasteiger partial charge < -0.3 is 9.15 Å². The number of ether oxygens (including phenoxy) is 1. The number of amides is 1. The van der Waals surface area contributed by atoms with E-state index >= 15 is 0 Å². The third kappa shape index (κ3) is 4.44. The lowest BCUT2D eigenvalue weighted by molar-refractivity contribution is 0.0390. The number of hydrogen-bond donors (Lipinski definition) is 0. The highest BCUT2D eigenvalue weighted by Crippen LogP contribution is 2.32. The zero-order chi connectivity index (χ0) is 19.5. The fourth-order valence-electron chi connectivity index (χ4n) is 3.05. The maximum absolute atomic E-state index is 13.2. The third-order valence-electron chi connectivity index (χ3n) is 4.59. The quantitative estimate of drug-likeness (QED) is 0.487. The van der Waals surface area contributed by atoms with Crippen LogP contribution in [0.15, 0.2) is 44.3 Å². The van der Waals surface area contributed by atoms with Crippen LogP contribution in [0.5, 0.6) is 0 Å². The van der Waals surface area contributed by atoms with Crippen molar-refractivity contribution in [3.8, 4) is 0 Å². The summed E-state index contributed by atoms with van der Waals surface area (Å²) in [6, 6.07) is 9.61. The number of carbonyl (C=O) groups excluding carboxylic acids is 1. The molecule has 1 amide bonds. The topological polar surface area (TPSA) is 58.8 Å². The molecule has 0 atom stereocenters. The Bertz CT molecular complexity index is 968. The Balaban J connectivity index is 1.62. The number of nitrogens with zero attached hydrogens (tertiary/aromatic N) is 3. The number of carbonyl (C=O) groups is 1. The van der Waals surface area contributed by atoms with E-state index in [0.717, 1.165) is 43.1 Å². The Labute approximate surface area is 180 Å². The summed E-state index contributed by atoms with van der Waals surface area (Å²) in [4.78, 5) is 23.1. The SMILES string of the molecule is CSc1ccc2nc(N(CCN3CCOCC3)C(=O)c3ccc(Br)o3)sc2c1. The van der Waals surface area contributed by atoms with Crippen LogP contribution in [-0.2, 0) is 4.74 Å². The minimum absolute atomic E-state index is 0.178. The molecule has 0 bridgehead atoms. The molecule has 1 fully saturated rings. The van der Waals surface area contributed by atoms with Crippen molar-refractivity contribution >= 4 is 60.3 Å². The highest BCUT2D eigenvalue weighted by molar-refractivity contribution is 9.10. The van der Waals surface area contributed by atoms with Crippen molar-refractivity contribution in [1.82, 2.24) is 9.88 Å². The zero-order valence-corrected chi connectivity index (χ0v) is 18.6. The Morgan fingerprint density at radius 2 is 2.14 bits per heavy atom. The van der Waals surface area contributed by atoms with Gasteiger partial charge in [0.25, 0.3) is 5.91 Å². The van der Waals surface area contributed by atoms with Crippen molar-refractivity contribution in [1.29, 1.82) is 0 Å². The largest absolute Gasteiger partial charge is 0.444 e. The molecule has 1 saturated heterocycles. The monoisotopic (exact) mass is 481 g/mol. The number of rotatable bonds is 6. The molecule has 0 radical (unpaired) electrons. The number of anilines is 1. The van der Waals surface area contributed by atoms with Gasteiger partial charge in [-0.15, -0.1) is 11.8 Å². The predicted molar refractivity (Wildman–Crippen MR) is 117 cm³/mol. The molecule has 0 spiro atoms. The molecule has 1 aromatic carbocycles. The number of hydrogen-bond acceptors (Lipinski definition) is 7. The Kier molecular flexibility index (Phi) is 6.37. The molecule has 0 aliphatic carbocycles. The summed E-state index contributed by atoms with van der Waals surface area (Å²) in [5, 5.41) is 0.694. The van der Waals surface area contributed by atoms with Crippen LogP contribution in [0.25, 0.3) is 10.2 Å². The van der Waals surface area contributed by atoms with Gasteiger partial charge in [-0.3, -0.25) is 14.6 Å². The number of benzene rings is 1. The summed E-state index contributed by atoms with van der Waals surface area (Å²) in [5.74, 6) is 0.126. The summed E-state index contributed by atoms with van der Waals surface area (Å²) in [7, 11) is 0. The molecule has 1 aliphatic heterocycles. The third-order valence-corrected chi connectivity index (χ3v) is 6.78. The number of furan rings is 1. The number of thiazole rings is 1. The summed E-state index contributed by atoms with van der Waals surface area (Å²) < 4.78 is 12.5. The second kappa shape index (κ2) is 8.96. The van der Waals surface area contributed by atoms with E-state index in [2.05, 4.69) is 39.2 Å². The second-order valence-electron chi connectivity index (χ2n) is 6.34. The van der Waals surface area contributed by atoms with E-state index in [0.29, 0.717) is 22.1 Å². The first-order valence-electron chi connectivity index (χ1n) is 8.96. The summed E-state index contributed by atoms with van der Waals surface area (Å²) in [5.41, 5.74) is 0.905. The van der Waals surface area contributed by atoms with Gasteiger partial charge in [0, 0.05) is 31.1 Å². The van der Waals surface area contributed by atoms with Crippen molar-refractivity contribution in [3.05, 3.63) is 40.8 Å². The van der Waals surface area contributed by atoms with Crippen molar-refractivity contribution < 1.29 is 13.9 Å². The van der Waals surface area contributed by atoms with Crippen LogP contribution in [0.3, 0.4) is 0 Å². The smallest absolute Gasteiger partial charge is 0.295 e. The molecule has 4 rings (SSSR count). The van der Waals surface area contributed by atoms with Crippen LogP contribution < -0.4 is 4.90 Å². The molecule has 1 aliphatic rings. The zero-order valence-electron chi connectivity index (χ0n) is 15.4. The molecule has 9 heteroatoms. The van der Waals surface area contributed by atoms with E-state index in [1.165, 1.54) is 16.2 Å². The van der Waals surface area contributed by atoms with Gasteiger partial charge in [0.1, 0.15) is 0 Å². The lowest BCUT2D eigenvalue weighted by atomic mass is 10.3. The van der Waals surface area contributed by atoms with Crippen LogP contribution in [0.2, 0.25) is 0 Å². The highest BCUT2D eigenvalue weighted by atomic mass is 79.9. The van der Waals surface area contributed by atoms with Gasteiger partial charge in [0.05, 0.1) is 23.4 Å². The van der Waals surface area contributed by atoms with Crippen molar-refractivity contribution in [3.63, 3.8) is 0 Å². The van der Waals surface area contributed by atoms with Crippen molar-refractivity contribution in [2.24, 2.45) is 0 Å². The van der Waals surface area contributed by atoms with Gasteiger partial charge in [-0.2, -0.15) is 0 Å². The summed E-state index contributed by atoms with van der Waals surface area (Å²) >= 11 is 6.51. The summed E-state index contributed by atoms with van der Waals surface area (Å²) in [6.07, 6.45) is 2.05. The fraction of sp³-hybridized carbons (Fsp3) is 0.368. The lowest BCUT2D eigenvalue weighted by Gasteiger charge is -2.28. The number of halogens is 1. The lowest BCUT2D eigenvalue weighted by Crippen LogP contribution is -2.43. The molecule has 28 heavy (non-hydrogen) atoms. The average molecular weight is 482 g/mol.